The van der Waals surface area contributed by atoms with Crippen LogP contribution in [-0.2, 0) is 20.4 Å². The highest BCUT2D eigenvalue weighted by atomic mass is 16.5. The number of fused-ring (bicyclic) bond motifs is 8. The fourth-order valence-corrected chi connectivity index (χ4v) is 9.91. The van der Waals surface area contributed by atoms with Gasteiger partial charge in [-0.2, -0.15) is 4.58 Å². The van der Waals surface area contributed by atoms with Gasteiger partial charge in [0.1, 0.15) is 18.0 Å². The van der Waals surface area contributed by atoms with Crippen molar-refractivity contribution in [3.8, 4) is 11.5 Å². The predicted octanol–water partition coefficient (Wildman–Crippen LogP) is 12.7. The molecule has 2 heterocycles. The van der Waals surface area contributed by atoms with E-state index in [0.29, 0.717) is 11.5 Å². The van der Waals surface area contributed by atoms with Crippen molar-refractivity contribution in [2.24, 2.45) is 0 Å². The molecule has 0 spiro atoms. The van der Waals surface area contributed by atoms with Gasteiger partial charge in [0, 0.05) is 45.3 Å². The Morgan fingerprint density at radius 1 is 0.524 bits per heavy atom. The highest BCUT2D eigenvalue weighted by Gasteiger charge is 2.46. The number of hydrogen-bond acceptors (Lipinski definition) is 5. The molecule has 308 valence electrons. The van der Waals surface area contributed by atoms with Crippen LogP contribution in [0.25, 0.3) is 43.1 Å². The van der Waals surface area contributed by atoms with Crippen LogP contribution in [0.15, 0.2) is 194 Å². The second-order valence-electron chi connectivity index (χ2n) is 17.4. The lowest BCUT2D eigenvalue weighted by Crippen LogP contribution is -2.33. The molecule has 0 fully saturated rings. The zero-order valence-electron chi connectivity index (χ0n) is 35.8. The third kappa shape index (κ3) is 6.98. The van der Waals surface area contributed by atoms with Gasteiger partial charge < -0.3 is 14.4 Å². The lowest BCUT2D eigenvalue weighted by Gasteiger charge is -2.26. The van der Waals surface area contributed by atoms with Crippen LogP contribution >= 0.6 is 0 Å². The summed E-state index contributed by atoms with van der Waals surface area (Å²) in [6.07, 6.45) is 10.3. The number of hydrogen-bond donors (Lipinski definition) is 0. The average Bonchev–Trinajstić information content (AvgIpc) is 3.64. The quantitative estimate of drug-likeness (QED) is 0.0628. The molecule has 2 aliphatic heterocycles. The number of rotatable bonds is 9. The molecule has 0 saturated carbocycles. The monoisotopic (exact) mass is 823 g/mol. The smallest absolute Gasteiger partial charge is 0.378 e. The number of carbonyl (C=O) groups is 2. The van der Waals surface area contributed by atoms with Gasteiger partial charge in [0.15, 0.2) is 5.71 Å². The number of nitrogens with zero attached hydrogens (tertiary/aromatic N) is 2. The number of esters is 2. The molecule has 2 aliphatic rings. The minimum Gasteiger partial charge on any atom is -0.425 e. The summed E-state index contributed by atoms with van der Waals surface area (Å²) < 4.78 is 14.3. The number of anilines is 1. The molecule has 63 heavy (non-hydrogen) atoms. The van der Waals surface area contributed by atoms with E-state index in [1.54, 1.807) is 0 Å². The van der Waals surface area contributed by atoms with Crippen LogP contribution in [0.1, 0.15) is 38.8 Å². The Hall–Kier alpha value is -7.57. The summed E-state index contributed by atoms with van der Waals surface area (Å²) in [6.45, 7) is 8.95. The van der Waals surface area contributed by atoms with Crippen LogP contribution in [-0.4, -0.2) is 35.3 Å². The van der Waals surface area contributed by atoms with Crippen LogP contribution in [0.4, 0.5) is 11.4 Å². The summed E-state index contributed by atoms with van der Waals surface area (Å²) in [5, 5.41) is 8.44. The average molecular weight is 824 g/mol. The van der Waals surface area contributed by atoms with E-state index in [2.05, 4.69) is 122 Å². The summed E-state index contributed by atoms with van der Waals surface area (Å²) >= 11 is 0. The Bertz CT molecular complexity index is 3280. The van der Waals surface area contributed by atoms with Gasteiger partial charge in [-0.3, -0.25) is 0 Å². The van der Waals surface area contributed by atoms with Crippen molar-refractivity contribution in [1.82, 2.24) is 0 Å². The van der Waals surface area contributed by atoms with Gasteiger partial charge in [-0.1, -0.05) is 159 Å². The summed E-state index contributed by atoms with van der Waals surface area (Å²) in [4.78, 5) is 29.9. The highest BCUT2D eigenvalue weighted by Crippen LogP contribution is 2.51. The van der Waals surface area contributed by atoms with E-state index in [1.165, 1.54) is 11.1 Å². The molecular weight excluding hydrogens is 777 g/mol. The molecule has 0 aliphatic carbocycles. The van der Waals surface area contributed by atoms with Crippen LogP contribution in [0.3, 0.4) is 0 Å². The van der Waals surface area contributed by atoms with Crippen LogP contribution in [0.5, 0.6) is 11.5 Å². The first kappa shape index (κ1) is 39.6. The van der Waals surface area contributed by atoms with Gasteiger partial charge in [0.25, 0.3) is 0 Å². The second kappa shape index (κ2) is 15.7. The van der Waals surface area contributed by atoms with Crippen molar-refractivity contribution in [2.75, 3.05) is 18.0 Å². The van der Waals surface area contributed by atoms with Crippen molar-refractivity contribution in [3.05, 3.63) is 205 Å². The normalized spacial score (nSPS) is 15.9. The molecule has 0 N–H and O–H groups in total. The SMILES string of the molecule is CC1(C)C(=CC=CC=CC2=[N+](CC(=O)Oc3cccc4ccccc34)c3ccc4ccccc4c3C2(C)C)N(CC(=O)Oc2cccc3ccccc23)c2ccc3ccccc3c21. The van der Waals surface area contributed by atoms with Crippen LogP contribution in [0.2, 0.25) is 0 Å². The molecule has 0 radical (unpaired) electrons. The number of ether oxygens (including phenoxy) is 2. The minimum atomic E-state index is -0.434. The Morgan fingerprint density at radius 2 is 1.03 bits per heavy atom. The van der Waals surface area contributed by atoms with E-state index in [9.17, 15) is 9.59 Å². The number of allylic oxidation sites excluding steroid dienone is 6. The second-order valence-corrected chi connectivity index (χ2v) is 17.4. The minimum absolute atomic E-state index is 0.0374. The first-order valence-corrected chi connectivity index (χ1v) is 21.5. The summed E-state index contributed by atoms with van der Waals surface area (Å²) in [6, 6.07) is 52.8. The number of carbonyl (C=O) groups excluding carboxylic acids is 2. The van der Waals surface area contributed by atoms with E-state index >= 15 is 0 Å². The topological polar surface area (TPSA) is 58.8 Å². The van der Waals surface area contributed by atoms with Crippen LogP contribution < -0.4 is 14.4 Å². The maximum absolute atomic E-state index is 13.9. The molecule has 0 atom stereocenters. The molecule has 0 unspecified atom stereocenters. The largest absolute Gasteiger partial charge is 0.425 e. The molecular formula is C57H47N2O4+. The lowest BCUT2D eigenvalue weighted by atomic mass is 9.79. The number of benzene rings is 8. The van der Waals surface area contributed by atoms with Gasteiger partial charge in [-0.15, -0.1) is 0 Å². The lowest BCUT2D eigenvalue weighted by molar-refractivity contribution is -0.427. The van der Waals surface area contributed by atoms with E-state index in [4.69, 9.17) is 9.47 Å². The van der Waals surface area contributed by atoms with E-state index in [-0.39, 0.29) is 25.0 Å². The van der Waals surface area contributed by atoms with Crippen molar-refractivity contribution < 1.29 is 23.6 Å². The first-order chi connectivity index (χ1) is 30.6. The molecule has 0 amide bonds. The van der Waals surface area contributed by atoms with Gasteiger partial charge >= 0.3 is 11.9 Å². The van der Waals surface area contributed by atoms with Crippen molar-refractivity contribution >= 4 is 72.1 Å². The van der Waals surface area contributed by atoms with Crippen LogP contribution in [0, 0.1) is 0 Å². The van der Waals surface area contributed by atoms with Crippen molar-refractivity contribution in [2.45, 2.75) is 38.5 Å². The van der Waals surface area contributed by atoms with E-state index < -0.39 is 10.8 Å². The molecule has 0 bridgehead atoms. The Balaban J connectivity index is 0.990. The Labute approximate surface area is 367 Å². The third-order valence-electron chi connectivity index (χ3n) is 12.8. The predicted molar refractivity (Wildman–Crippen MR) is 257 cm³/mol. The molecule has 0 aromatic heterocycles. The highest BCUT2D eigenvalue weighted by molar-refractivity contribution is 6.08. The van der Waals surface area contributed by atoms with Gasteiger partial charge in [-0.25, -0.2) is 9.59 Å². The third-order valence-corrected chi connectivity index (χ3v) is 12.8. The zero-order valence-corrected chi connectivity index (χ0v) is 35.8. The molecule has 6 nitrogen and oxygen atoms in total. The van der Waals surface area contributed by atoms with Gasteiger partial charge in [0.05, 0.1) is 5.41 Å². The zero-order chi connectivity index (χ0) is 43.3. The standard InChI is InChI=1S/C57H47N2O4/c1-56(2)50(58(46-34-32-40-20-10-14-26-44(40)54(46)56)36-52(60)62-48-28-16-22-38-18-8-12-24-42(38)48)30-6-5-7-31-51-57(3,4)55-45-27-15-11-21-41(45)33-35-47(55)59(51)37-53(61)63-49-29-17-23-39-19-9-13-25-43(39)49/h5-35H,36-37H2,1-4H3/q+1. The molecule has 8 aromatic rings. The maximum atomic E-state index is 13.9. The Morgan fingerprint density at radius 3 is 1.65 bits per heavy atom. The van der Waals surface area contributed by atoms with E-state index in [1.807, 2.05) is 103 Å². The summed E-state index contributed by atoms with van der Waals surface area (Å²) in [5.41, 5.74) is 5.43. The van der Waals surface area contributed by atoms with E-state index in [0.717, 1.165) is 65.9 Å². The molecule has 6 heteroatoms. The molecule has 8 aromatic carbocycles. The Kier molecular flexibility index (Phi) is 9.87. The first-order valence-electron chi connectivity index (χ1n) is 21.5. The fourth-order valence-electron chi connectivity index (χ4n) is 9.91. The molecule has 0 saturated heterocycles. The van der Waals surface area contributed by atoms with Gasteiger partial charge in [0.2, 0.25) is 12.2 Å². The maximum Gasteiger partial charge on any atom is 0.378 e. The molecule has 10 rings (SSSR count). The fraction of sp³-hybridized carbons (Fsp3) is 0.140. The van der Waals surface area contributed by atoms with Crippen molar-refractivity contribution in [3.63, 3.8) is 0 Å². The summed E-state index contributed by atoms with van der Waals surface area (Å²) in [7, 11) is 0. The summed E-state index contributed by atoms with van der Waals surface area (Å²) in [5.74, 6) is 0.404. The van der Waals surface area contributed by atoms with Gasteiger partial charge in [-0.05, 0) is 82.1 Å². The van der Waals surface area contributed by atoms with Crippen molar-refractivity contribution in [1.29, 1.82) is 0 Å².